The van der Waals surface area contributed by atoms with Crippen molar-refractivity contribution >= 4 is 64.8 Å². The smallest absolute Gasteiger partial charge is 0.342 e. The predicted octanol–water partition coefficient (Wildman–Crippen LogP) is 4.31. The van der Waals surface area contributed by atoms with Crippen LogP contribution in [-0.2, 0) is 9.23 Å². The zero-order valence-corrected chi connectivity index (χ0v) is 16.4. The minimum Gasteiger partial charge on any atom is -0.477 e. The van der Waals surface area contributed by atoms with Gasteiger partial charge in [0, 0.05) is 33.5 Å². The Hall–Kier alpha value is -2.60. The van der Waals surface area contributed by atoms with Gasteiger partial charge in [-0.05, 0) is 23.7 Å². The van der Waals surface area contributed by atoms with Gasteiger partial charge in [0.05, 0.1) is 9.85 Å². The van der Waals surface area contributed by atoms with Gasteiger partial charge in [0.25, 0.3) is 16.6 Å². The highest BCUT2D eigenvalue weighted by Crippen LogP contribution is 2.19. The SMILES string of the molecule is O=C(Cl)c1ccccc1[N+](=O)[O-].O=C(O)c1ccccc1[N+](=O)[O-].O=S(Cl)Cl. The highest BCUT2D eigenvalue weighted by Gasteiger charge is 2.17. The summed E-state index contributed by atoms with van der Waals surface area (Å²) in [7, 11) is 7.36. The molecule has 0 amide bonds. The number of carbonyl (C=O) groups is 2. The van der Waals surface area contributed by atoms with E-state index in [1.54, 1.807) is 0 Å². The molecule has 0 aliphatic rings. The van der Waals surface area contributed by atoms with Crippen molar-refractivity contribution in [3.05, 3.63) is 79.9 Å². The van der Waals surface area contributed by atoms with Gasteiger partial charge in [0.2, 0.25) is 9.23 Å². The molecule has 0 atom stereocenters. The van der Waals surface area contributed by atoms with E-state index in [9.17, 15) is 29.8 Å². The molecule has 28 heavy (non-hydrogen) atoms. The van der Waals surface area contributed by atoms with Crippen molar-refractivity contribution in [1.82, 2.24) is 0 Å². The van der Waals surface area contributed by atoms with E-state index in [4.69, 9.17) is 20.9 Å². The Bertz CT molecular complexity index is 772. The Kier molecular flexibility index (Phi) is 11.5. The Morgan fingerprint density at radius 3 is 1.43 bits per heavy atom. The summed E-state index contributed by atoms with van der Waals surface area (Å²) in [5, 5.41) is 28.3. The third kappa shape index (κ3) is 9.37. The van der Waals surface area contributed by atoms with E-state index in [0.717, 1.165) is 6.07 Å². The van der Waals surface area contributed by atoms with Crippen LogP contribution in [0.3, 0.4) is 0 Å². The molecule has 0 saturated heterocycles. The minimum absolute atomic E-state index is 0.0795. The Morgan fingerprint density at radius 2 is 1.18 bits per heavy atom. The van der Waals surface area contributed by atoms with Crippen LogP contribution < -0.4 is 0 Å². The van der Waals surface area contributed by atoms with E-state index < -0.39 is 30.3 Å². The summed E-state index contributed by atoms with van der Waals surface area (Å²) >= 11 is 5.11. The molecule has 0 aromatic heterocycles. The number of nitro groups is 2. The number of nitro benzene ring substituents is 2. The van der Waals surface area contributed by atoms with E-state index in [1.165, 1.54) is 42.5 Å². The van der Waals surface area contributed by atoms with E-state index in [-0.39, 0.29) is 22.5 Å². The van der Waals surface area contributed by atoms with Crippen LogP contribution in [0.2, 0.25) is 0 Å². The fourth-order valence-electron chi connectivity index (χ4n) is 1.61. The average Bonchev–Trinajstić information content (AvgIpc) is 2.61. The number of halogens is 3. The van der Waals surface area contributed by atoms with Crippen molar-refractivity contribution in [3.63, 3.8) is 0 Å². The first-order valence-electron chi connectivity index (χ1n) is 6.63. The largest absolute Gasteiger partial charge is 0.477 e. The van der Waals surface area contributed by atoms with Crippen LogP contribution in [-0.4, -0.2) is 30.4 Å². The maximum atomic E-state index is 10.6. The molecular weight excluding hydrogens is 463 g/mol. The molecule has 0 heterocycles. The van der Waals surface area contributed by atoms with Crippen molar-refractivity contribution in [2.75, 3.05) is 0 Å². The first-order chi connectivity index (χ1) is 13.0. The highest BCUT2D eigenvalue weighted by molar-refractivity contribution is 8.26. The number of carboxylic acid groups (broad SMARTS) is 1. The molecule has 0 aliphatic carbocycles. The molecule has 14 heteroatoms. The normalized spacial score (nSPS) is 9.29. The second-order valence-corrected chi connectivity index (χ2v) is 7.18. The molecule has 0 spiro atoms. The van der Waals surface area contributed by atoms with E-state index >= 15 is 0 Å². The Labute approximate surface area is 173 Å². The molecule has 0 bridgehead atoms. The monoisotopic (exact) mass is 470 g/mol. The third-order valence-electron chi connectivity index (χ3n) is 2.64. The summed E-state index contributed by atoms with van der Waals surface area (Å²) in [6.45, 7) is 0. The van der Waals surface area contributed by atoms with Crippen LogP contribution in [0.4, 0.5) is 11.4 Å². The van der Waals surface area contributed by atoms with Gasteiger partial charge >= 0.3 is 5.97 Å². The summed E-state index contributed by atoms with van der Waals surface area (Å²) in [4.78, 5) is 40.3. The molecule has 0 fully saturated rings. The molecule has 1 N–H and O–H groups in total. The number of hydrogen-bond donors (Lipinski definition) is 1. The lowest BCUT2D eigenvalue weighted by atomic mass is 10.2. The number of carbonyl (C=O) groups excluding carboxylic acids is 1. The molecule has 2 aromatic rings. The van der Waals surface area contributed by atoms with Crippen LogP contribution >= 0.6 is 33.0 Å². The summed E-state index contributed by atoms with van der Waals surface area (Å²) in [5.74, 6) is -1.29. The van der Waals surface area contributed by atoms with Gasteiger partial charge in [0.15, 0.2) is 0 Å². The number of benzene rings is 2. The van der Waals surface area contributed by atoms with Crippen LogP contribution in [0.15, 0.2) is 48.5 Å². The minimum atomic E-state index is -1.67. The fourth-order valence-corrected chi connectivity index (χ4v) is 1.77. The molecule has 150 valence electrons. The number of carboxylic acids is 1. The zero-order valence-electron chi connectivity index (χ0n) is 13.4. The van der Waals surface area contributed by atoms with Crippen molar-refractivity contribution in [2.45, 2.75) is 0 Å². The van der Waals surface area contributed by atoms with Crippen molar-refractivity contribution in [1.29, 1.82) is 0 Å². The Morgan fingerprint density at radius 1 is 0.857 bits per heavy atom. The fraction of sp³-hybridized carbons (Fsp3) is 0. The highest BCUT2D eigenvalue weighted by atomic mass is 36.0. The average molecular weight is 472 g/mol. The molecule has 0 unspecified atom stereocenters. The number of para-hydroxylation sites is 2. The second kappa shape index (κ2) is 12.7. The first-order valence-corrected chi connectivity index (χ1v) is 9.81. The first kappa shape index (κ1) is 25.4. The van der Waals surface area contributed by atoms with Gasteiger partial charge in [-0.3, -0.25) is 25.0 Å². The lowest BCUT2D eigenvalue weighted by molar-refractivity contribution is -0.385. The number of aromatic carboxylic acids is 1. The molecule has 2 aromatic carbocycles. The maximum absolute atomic E-state index is 10.6. The van der Waals surface area contributed by atoms with E-state index in [0.29, 0.717) is 0 Å². The van der Waals surface area contributed by atoms with Gasteiger partial charge in [-0.1, -0.05) is 24.3 Å². The predicted molar refractivity (Wildman–Crippen MR) is 103 cm³/mol. The standard InChI is InChI=1S/C7H4ClNO3.C7H5NO4.Cl2OS/c8-7(10)5-3-1-2-4-6(5)9(11)12;9-7(10)5-3-1-2-4-6(5)8(11)12;1-4(2)3/h1-4H;1-4H,(H,9,10);. The summed E-state index contributed by atoms with van der Waals surface area (Å²) < 4.78 is 9.09. The van der Waals surface area contributed by atoms with Crippen LogP contribution in [0.25, 0.3) is 0 Å². The van der Waals surface area contributed by atoms with Gasteiger partial charge in [-0.2, -0.15) is 0 Å². The molecule has 10 nitrogen and oxygen atoms in total. The summed E-state index contributed by atoms with van der Waals surface area (Å²) in [6, 6.07) is 10.7. The van der Waals surface area contributed by atoms with Crippen molar-refractivity contribution in [3.8, 4) is 0 Å². The number of hydrogen-bond acceptors (Lipinski definition) is 7. The lowest BCUT2D eigenvalue weighted by Gasteiger charge is -1.94. The van der Waals surface area contributed by atoms with Crippen molar-refractivity contribution < 1.29 is 28.8 Å². The zero-order chi connectivity index (χ0) is 21.9. The van der Waals surface area contributed by atoms with Gasteiger partial charge in [-0.15, -0.1) is 0 Å². The maximum Gasteiger partial charge on any atom is 0.342 e. The molecular formula is C14H9Cl3N2O8S. The van der Waals surface area contributed by atoms with Crippen LogP contribution in [0.5, 0.6) is 0 Å². The van der Waals surface area contributed by atoms with Crippen LogP contribution in [0, 0.1) is 20.2 Å². The molecule has 0 saturated carbocycles. The summed E-state index contributed by atoms with van der Waals surface area (Å²) in [5.41, 5.74) is -1.02. The summed E-state index contributed by atoms with van der Waals surface area (Å²) in [6.07, 6.45) is 0. The topological polar surface area (TPSA) is 158 Å². The van der Waals surface area contributed by atoms with Crippen molar-refractivity contribution in [2.24, 2.45) is 0 Å². The van der Waals surface area contributed by atoms with Gasteiger partial charge < -0.3 is 5.11 Å². The van der Waals surface area contributed by atoms with Gasteiger partial charge in [-0.25, -0.2) is 9.00 Å². The quantitative estimate of drug-likeness (QED) is 0.392. The van der Waals surface area contributed by atoms with Gasteiger partial charge in [0.1, 0.15) is 11.1 Å². The Balaban J connectivity index is 0.000000439. The third-order valence-corrected chi connectivity index (χ3v) is 2.85. The molecule has 2 rings (SSSR count). The molecule has 0 radical (unpaired) electrons. The lowest BCUT2D eigenvalue weighted by Crippen LogP contribution is -2.01. The molecule has 0 aliphatic heterocycles. The second-order valence-electron chi connectivity index (χ2n) is 4.31. The van der Waals surface area contributed by atoms with E-state index in [2.05, 4.69) is 21.4 Å². The number of nitrogens with zero attached hydrogens (tertiary/aromatic N) is 2. The van der Waals surface area contributed by atoms with Crippen LogP contribution in [0.1, 0.15) is 20.7 Å². The number of rotatable bonds is 4. The van der Waals surface area contributed by atoms with E-state index in [1.807, 2.05) is 0 Å².